The highest BCUT2D eigenvalue weighted by atomic mass is 19.4. The van der Waals surface area contributed by atoms with Gasteiger partial charge < -0.3 is 9.72 Å². The van der Waals surface area contributed by atoms with Crippen molar-refractivity contribution in [3.05, 3.63) is 57.5 Å². The van der Waals surface area contributed by atoms with Gasteiger partial charge in [0.15, 0.2) is 5.78 Å². The number of H-pyrrole nitrogens is 1. The second-order valence-electron chi connectivity index (χ2n) is 6.55. The molecule has 1 N–H and O–H groups in total. The molecule has 0 spiro atoms. The predicted molar refractivity (Wildman–Crippen MR) is 87.3 cm³/mol. The SMILES string of the molecule is C[C@@H](CC(=O)c1cc(=O)[nH]c(C2CC2)n1)c1ccc(OC(F)(F)F)cc1F. The summed E-state index contributed by atoms with van der Waals surface area (Å²) in [6.07, 6.45) is -3.26. The molecule has 0 amide bonds. The van der Waals surface area contributed by atoms with Gasteiger partial charge in [-0.2, -0.15) is 0 Å². The molecule has 5 nitrogen and oxygen atoms in total. The van der Waals surface area contributed by atoms with Gasteiger partial charge in [0.05, 0.1) is 0 Å². The number of hydrogen-bond acceptors (Lipinski definition) is 4. The zero-order valence-electron chi connectivity index (χ0n) is 14.3. The fraction of sp³-hybridized carbons (Fsp3) is 0.389. The summed E-state index contributed by atoms with van der Waals surface area (Å²) in [5, 5.41) is 0. The maximum Gasteiger partial charge on any atom is 0.573 e. The van der Waals surface area contributed by atoms with E-state index in [4.69, 9.17) is 0 Å². The van der Waals surface area contributed by atoms with E-state index in [1.807, 2.05) is 0 Å². The molecule has 1 aliphatic carbocycles. The van der Waals surface area contributed by atoms with Crippen LogP contribution in [0.5, 0.6) is 5.75 Å². The van der Waals surface area contributed by atoms with Crippen molar-refractivity contribution >= 4 is 5.78 Å². The third kappa shape index (κ3) is 4.93. The quantitative estimate of drug-likeness (QED) is 0.602. The normalized spacial score (nSPS) is 15.4. The van der Waals surface area contributed by atoms with Gasteiger partial charge in [-0.15, -0.1) is 13.2 Å². The summed E-state index contributed by atoms with van der Waals surface area (Å²) >= 11 is 0. The highest BCUT2D eigenvalue weighted by Crippen LogP contribution is 2.37. The third-order valence-corrected chi connectivity index (χ3v) is 4.24. The molecule has 1 heterocycles. The Balaban J connectivity index is 1.74. The van der Waals surface area contributed by atoms with Crippen LogP contribution in [-0.4, -0.2) is 22.1 Å². The average molecular weight is 384 g/mol. The summed E-state index contributed by atoms with van der Waals surface area (Å²) in [5.41, 5.74) is -0.349. The van der Waals surface area contributed by atoms with Crippen molar-refractivity contribution in [2.24, 2.45) is 0 Å². The largest absolute Gasteiger partial charge is 0.573 e. The molecule has 2 aromatic rings. The third-order valence-electron chi connectivity index (χ3n) is 4.24. The second-order valence-corrected chi connectivity index (χ2v) is 6.55. The standard InChI is InChI=1S/C18H16F4N2O3/c1-9(12-5-4-11(7-13(12)19)27-18(20,21)22)6-15(25)14-8-16(26)24-17(23-14)10-2-3-10/h4-5,7-10H,2-3,6H2,1H3,(H,23,24,26)/t9-/m0/s1. The fourth-order valence-corrected chi connectivity index (χ4v) is 2.77. The Kier molecular flexibility index (Phi) is 5.03. The smallest absolute Gasteiger partial charge is 0.406 e. The summed E-state index contributed by atoms with van der Waals surface area (Å²) in [4.78, 5) is 30.9. The van der Waals surface area contributed by atoms with Gasteiger partial charge in [-0.05, 0) is 30.4 Å². The van der Waals surface area contributed by atoms with E-state index in [1.54, 1.807) is 6.92 Å². The number of benzene rings is 1. The molecule has 1 aromatic heterocycles. The summed E-state index contributed by atoms with van der Waals surface area (Å²) in [6.45, 7) is 1.57. The van der Waals surface area contributed by atoms with Gasteiger partial charge in [0.25, 0.3) is 5.56 Å². The molecule has 144 valence electrons. The number of aromatic amines is 1. The van der Waals surface area contributed by atoms with Crippen LogP contribution in [0.25, 0.3) is 0 Å². The molecule has 1 aliphatic rings. The molecular formula is C18H16F4N2O3. The number of carbonyl (C=O) groups is 1. The van der Waals surface area contributed by atoms with E-state index in [2.05, 4.69) is 14.7 Å². The summed E-state index contributed by atoms with van der Waals surface area (Å²) in [6, 6.07) is 3.86. The number of nitrogens with one attached hydrogen (secondary N) is 1. The first-order valence-electron chi connectivity index (χ1n) is 8.32. The van der Waals surface area contributed by atoms with Crippen LogP contribution in [0.3, 0.4) is 0 Å². The summed E-state index contributed by atoms with van der Waals surface area (Å²) in [7, 11) is 0. The lowest BCUT2D eigenvalue weighted by atomic mass is 9.94. The Labute approximate surface area is 151 Å². The first kappa shape index (κ1) is 19.1. The molecular weight excluding hydrogens is 368 g/mol. The monoisotopic (exact) mass is 384 g/mol. The molecule has 27 heavy (non-hydrogen) atoms. The predicted octanol–water partition coefficient (Wildman–Crippen LogP) is 4.06. The minimum absolute atomic E-state index is 0.00457. The molecule has 0 aliphatic heterocycles. The topological polar surface area (TPSA) is 72.0 Å². The van der Waals surface area contributed by atoms with Crippen LogP contribution >= 0.6 is 0 Å². The minimum atomic E-state index is -4.92. The van der Waals surface area contributed by atoms with Gasteiger partial charge in [-0.25, -0.2) is 9.37 Å². The number of rotatable bonds is 6. The number of alkyl halides is 3. The van der Waals surface area contributed by atoms with Gasteiger partial charge in [-0.1, -0.05) is 13.0 Å². The van der Waals surface area contributed by atoms with Crippen LogP contribution in [0.15, 0.2) is 29.1 Å². The van der Waals surface area contributed by atoms with Gasteiger partial charge >= 0.3 is 6.36 Å². The van der Waals surface area contributed by atoms with E-state index in [0.717, 1.165) is 31.0 Å². The van der Waals surface area contributed by atoms with Gasteiger partial charge in [0, 0.05) is 24.5 Å². The van der Waals surface area contributed by atoms with Crippen molar-refractivity contribution in [3.8, 4) is 5.75 Å². The number of Topliss-reactive ketones (excluding diaryl/α,β-unsaturated/α-hetero) is 1. The van der Waals surface area contributed by atoms with Crippen LogP contribution in [0.4, 0.5) is 17.6 Å². The lowest BCUT2D eigenvalue weighted by Crippen LogP contribution is -2.18. The average Bonchev–Trinajstić information content (AvgIpc) is 3.37. The van der Waals surface area contributed by atoms with Crippen LogP contribution in [-0.2, 0) is 0 Å². The highest BCUT2D eigenvalue weighted by molar-refractivity contribution is 5.94. The van der Waals surface area contributed by atoms with E-state index >= 15 is 0 Å². The number of ether oxygens (including phenoxy) is 1. The lowest BCUT2D eigenvalue weighted by Gasteiger charge is -2.14. The Hall–Kier alpha value is -2.71. The molecule has 3 rings (SSSR count). The second kappa shape index (κ2) is 7.13. The van der Waals surface area contributed by atoms with Crippen molar-refractivity contribution in [3.63, 3.8) is 0 Å². The van der Waals surface area contributed by atoms with Crippen LogP contribution in [0.1, 0.15) is 59.9 Å². The Morgan fingerprint density at radius 1 is 1.33 bits per heavy atom. The number of nitrogens with zero attached hydrogens (tertiary/aromatic N) is 1. The zero-order valence-corrected chi connectivity index (χ0v) is 14.3. The van der Waals surface area contributed by atoms with E-state index in [1.165, 1.54) is 0 Å². The maximum absolute atomic E-state index is 14.1. The Morgan fingerprint density at radius 2 is 2.04 bits per heavy atom. The highest BCUT2D eigenvalue weighted by Gasteiger charge is 2.31. The first-order valence-corrected chi connectivity index (χ1v) is 8.32. The molecule has 1 saturated carbocycles. The van der Waals surface area contributed by atoms with Crippen molar-refractivity contribution in [1.29, 1.82) is 0 Å². The van der Waals surface area contributed by atoms with E-state index in [-0.39, 0.29) is 23.6 Å². The van der Waals surface area contributed by atoms with Crippen LogP contribution < -0.4 is 10.3 Å². The lowest BCUT2D eigenvalue weighted by molar-refractivity contribution is -0.274. The maximum atomic E-state index is 14.1. The van der Waals surface area contributed by atoms with Crippen molar-refractivity contribution < 1.29 is 27.1 Å². The molecule has 0 bridgehead atoms. The fourth-order valence-electron chi connectivity index (χ4n) is 2.77. The van der Waals surface area contributed by atoms with Crippen LogP contribution in [0.2, 0.25) is 0 Å². The van der Waals surface area contributed by atoms with Crippen molar-refractivity contribution in [1.82, 2.24) is 9.97 Å². The van der Waals surface area contributed by atoms with Crippen molar-refractivity contribution in [2.75, 3.05) is 0 Å². The molecule has 0 unspecified atom stereocenters. The molecule has 0 saturated heterocycles. The summed E-state index contributed by atoms with van der Waals surface area (Å²) < 4.78 is 54.4. The van der Waals surface area contributed by atoms with E-state index in [0.29, 0.717) is 11.9 Å². The number of carbonyl (C=O) groups excluding carboxylic acids is 1. The zero-order chi connectivity index (χ0) is 19.8. The number of ketones is 1. The molecule has 1 aromatic carbocycles. The first-order chi connectivity index (χ1) is 12.6. The Bertz CT molecular complexity index is 920. The minimum Gasteiger partial charge on any atom is -0.406 e. The van der Waals surface area contributed by atoms with Gasteiger partial charge in [-0.3, -0.25) is 9.59 Å². The molecule has 0 radical (unpaired) electrons. The summed E-state index contributed by atoms with van der Waals surface area (Å²) in [5.74, 6) is -2.02. The van der Waals surface area contributed by atoms with Crippen LogP contribution in [0, 0.1) is 5.82 Å². The molecule has 9 heteroatoms. The number of halogens is 4. The van der Waals surface area contributed by atoms with E-state index in [9.17, 15) is 27.2 Å². The number of aromatic nitrogens is 2. The van der Waals surface area contributed by atoms with Gasteiger partial charge in [0.2, 0.25) is 0 Å². The Morgan fingerprint density at radius 3 is 2.63 bits per heavy atom. The van der Waals surface area contributed by atoms with Crippen molar-refractivity contribution in [2.45, 2.75) is 44.4 Å². The number of hydrogen-bond donors (Lipinski definition) is 1. The molecule has 1 fully saturated rings. The molecule has 1 atom stereocenters. The van der Waals surface area contributed by atoms with E-state index < -0.39 is 35.2 Å². The van der Waals surface area contributed by atoms with Gasteiger partial charge in [0.1, 0.15) is 23.1 Å².